The van der Waals surface area contributed by atoms with Crippen LogP contribution in [0.25, 0.3) is 0 Å². The van der Waals surface area contributed by atoms with Gasteiger partial charge in [-0.1, -0.05) is 12.8 Å². The van der Waals surface area contributed by atoms with Crippen LogP contribution in [0.1, 0.15) is 13.3 Å². The first kappa shape index (κ1) is 12.5. The van der Waals surface area contributed by atoms with Crippen LogP contribution in [-0.4, -0.2) is 48.9 Å². The molecule has 0 aliphatic carbocycles. The first-order chi connectivity index (χ1) is 7.70. The summed E-state index contributed by atoms with van der Waals surface area (Å²) in [4.78, 5) is 24.9. The highest BCUT2D eigenvalue weighted by Crippen LogP contribution is 2.08. The summed E-state index contributed by atoms with van der Waals surface area (Å²) in [7, 11) is 0. The van der Waals surface area contributed by atoms with Crippen molar-refractivity contribution >= 4 is 11.8 Å². The van der Waals surface area contributed by atoms with Gasteiger partial charge >= 0.3 is 0 Å². The van der Waals surface area contributed by atoms with Crippen LogP contribution >= 0.6 is 0 Å². The predicted octanol–water partition coefficient (Wildman–Crippen LogP) is -1.05. The molecule has 2 N–H and O–H groups in total. The minimum Gasteiger partial charge on any atom is -0.353 e. The molecule has 1 aliphatic rings. The lowest BCUT2D eigenvalue weighted by Gasteiger charge is -2.34. The fourth-order valence-electron chi connectivity index (χ4n) is 1.76. The van der Waals surface area contributed by atoms with Crippen LogP contribution in [-0.2, 0) is 9.59 Å². The van der Waals surface area contributed by atoms with Gasteiger partial charge in [0.05, 0.1) is 13.1 Å². The summed E-state index contributed by atoms with van der Waals surface area (Å²) in [6.07, 6.45) is 5.70. The number of terminal acetylenes is 1. The number of piperazine rings is 1. The van der Waals surface area contributed by atoms with E-state index < -0.39 is 0 Å². The number of hydrogen-bond acceptors (Lipinski definition) is 3. The molecule has 1 atom stereocenters. The van der Waals surface area contributed by atoms with Crippen molar-refractivity contribution in [3.8, 4) is 12.3 Å². The monoisotopic (exact) mass is 223 g/mol. The zero-order chi connectivity index (χ0) is 12.0. The number of carbonyl (C=O) groups is 2. The van der Waals surface area contributed by atoms with Crippen LogP contribution in [0, 0.1) is 12.3 Å². The minimum absolute atomic E-state index is 0.0703. The van der Waals surface area contributed by atoms with E-state index in [1.54, 1.807) is 4.90 Å². The van der Waals surface area contributed by atoms with E-state index in [2.05, 4.69) is 16.6 Å². The molecular weight excluding hydrogens is 206 g/mol. The van der Waals surface area contributed by atoms with Crippen molar-refractivity contribution < 1.29 is 9.59 Å². The Kier molecular flexibility index (Phi) is 4.80. The molecule has 88 valence electrons. The highest BCUT2D eigenvalue weighted by molar-refractivity contribution is 5.89. The van der Waals surface area contributed by atoms with Gasteiger partial charge in [-0.05, 0) is 6.42 Å². The zero-order valence-corrected chi connectivity index (χ0v) is 9.45. The number of carbonyl (C=O) groups excluding carboxylic acids is 2. The lowest BCUT2D eigenvalue weighted by atomic mass is 10.1. The predicted molar refractivity (Wildman–Crippen MR) is 60.5 cm³/mol. The van der Waals surface area contributed by atoms with Gasteiger partial charge in [-0.25, -0.2) is 0 Å². The molecule has 0 radical (unpaired) electrons. The molecule has 0 spiro atoms. The second-order valence-electron chi connectivity index (χ2n) is 3.61. The average Bonchev–Trinajstić information content (AvgIpc) is 2.29. The molecule has 5 nitrogen and oxygen atoms in total. The Morgan fingerprint density at radius 3 is 3.12 bits per heavy atom. The molecule has 0 aromatic rings. The normalized spacial score (nSPS) is 20.1. The average molecular weight is 223 g/mol. The Labute approximate surface area is 95.6 Å². The van der Waals surface area contributed by atoms with Crippen LogP contribution in [0.4, 0.5) is 0 Å². The summed E-state index contributed by atoms with van der Waals surface area (Å²) < 4.78 is 0. The number of nitrogens with one attached hydrogen (secondary N) is 2. The SMILES string of the molecule is C#CCNCC(=O)N1CCNC(=O)C1CC. The van der Waals surface area contributed by atoms with Crippen LogP contribution in [0.2, 0.25) is 0 Å². The van der Waals surface area contributed by atoms with Crippen LogP contribution in [0.15, 0.2) is 0 Å². The maximum atomic E-state index is 11.8. The van der Waals surface area contributed by atoms with Crippen molar-refractivity contribution in [2.24, 2.45) is 0 Å². The molecule has 1 unspecified atom stereocenters. The van der Waals surface area contributed by atoms with Gasteiger partial charge in [0.25, 0.3) is 0 Å². The molecule has 16 heavy (non-hydrogen) atoms. The highest BCUT2D eigenvalue weighted by atomic mass is 16.2. The zero-order valence-electron chi connectivity index (χ0n) is 9.45. The van der Waals surface area contributed by atoms with E-state index in [0.717, 1.165) is 0 Å². The molecule has 1 aliphatic heterocycles. The molecule has 0 bridgehead atoms. The minimum atomic E-state index is -0.339. The Balaban J connectivity index is 2.52. The van der Waals surface area contributed by atoms with Crippen molar-refractivity contribution in [2.45, 2.75) is 19.4 Å². The van der Waals surface area contributed by atoms with Gasteiger partial charge in [0, 0.05) is 13.1 Å². The third kappa shape index (κ3) is 2.97. The van der Waals surface area contributed by atoms with E-state index in [4.69, 9.17) is 6.42 Å². The third-order valence-corrected chi connectivity index (χ3v) is 2.54. The highest BCUT2D eigenvalue weighted by Gasteiger charge is 2.30. The summed E-state index contributed by atoms with van der Waals surface area (Å²) >= 11 is 0. The molecule has 1 saturated heterocycles. The smallest absolute Gasteiger partial charge is 0.242 e. The van der Waals surface area contributed by atoms with Crippen LogP contribution in [0.3, 0.4) is 0 Å². The largest absolute Gasteiger partial charge is 0.353 e. The molecule has 0 saturated carbocycles. The van der Waals surface area contributed by atoms with E-state index in [1.807, 2.05) is 6.92 Å². The molecule has 1 rings (SSSR count). The van der Waals surface area contributed by atoms with E-state index in [9.17, 15) is 9.59 Å². The number of rotatable bonds is 4. The first-order valence-electron chi connectivity index (χ1n) is 5.42. The van der Waals surface area contributed by atoms with Gasteiger partial charge < -0.3 is 10.2 Å². The summed E-state index contributed by atoms with van der Waals surface area (Å²) in [6.45, 7) is 3.54. The fraction of sp³-hybridized carbons (Fsp3) is 0.636. The van der Waals surface area contributed by atoms with E-state index in [-0.39, 0.29) is 24.4 Å². The van der Waals surface area contributed by atoms with Gasteiger partial charge in [0.2, 0.25) is 11.8 Å². The van der Waals surface area contributed by atoms with Crippen molar-refractivity contribution in [2.75, 3.05) is 26.2 Å². The van der Waals surface area contributed by atoms with E-state index >= 15 is 0 Å². The van der Waals surface area contributed by atoms with E-state index in [1.165, 1.54) is 0 Å². The van der Waals surface area contributed by atoms with Crippen LogP contribution in [0.5, 0.6) is 0 Å². The maximum absolute atomic E-state index is 11.8. The van der Waals surface area contributed by atoms with Crippen molar-refractivity contribution in [1.82, 2.24) is 15.5 Å². The lowest BCUT2D eigenvalue weighted by molar-refractivity contribution is -0.142. The summed E-state index contributed by atoms with van der Waals surface area (Å²) in [5.41, 5.74) is 0. The molecule has 2 amide bonds. The topological polar surface area (TPSA) is 61.4 Å². The Hall–Kier alpha value is -1.54. The Morgan fingerprint density at radius 2 is 2.50 bits per heavy atom. The molecule has 1 fully saturated rings. The standard InChI is InChI=1S/C11H17N3O2/c1-3-5-12-8-10(15)14-7-6-13-11(16)9(14)4-2/h1,9,12H,4-8H2,2H3,(H,13,16). The van der Waals surface area contributed by atoms with Crippen molar-refractivity contribution in [3.63, 3.8) is 0 Å². The van der Waals surface area contributed by atoms with Gasteiger partial charge in [-0.15, -0.1) is 6.42 Å². The lowest BCUT2D eigenvalue weighted by Crippen LogP contribution is -2.58. The van der Waals surface area contributed by atoms with Crippen molar-refractivity contribution in [3.05, 3.63) is 0 Å². The van der Waals surface area contributed by atoms with Crippen molar-refractivity contribution in [1.29, 1.82) is 0 Å². The quantitative estimate of drug-likeness (QED) is 0.472. The molecule has 0 aromatic heterocycles. The fourth-order valence-corrected chi connectivity index (χ4v) is 1.76. The van der Waals surface area contributed by atoms with E-state index in [0.29, 0.717) is 26.1 Å². The second kappa shape index (κ2) is 6.13. The first-order valence-corrected chi connectivity index (χ1v) is 5.42. The van der Waals surface area contributed by atoms with Crippen LogP contribution < -0.4 is 10.6 Å². The molecule has 1 heterocycles. The third-order valence-electron chi connectivity index (χ3n) is 2.54. The molecular formula is C11H17N3O2. The number of hydrogen-bond donors (Lipinski definition) is 2. The van der Waals surface area contributed by atoms with Gasteiger partial charge in [-0.2, -0.15) is 0 Å². The Morgan fingerprint density at radius 1 is 1.75 bits per heavy atom. The molecule has 5 heteroatoms. The number of amides is 2. The molecule has 0 aromatic carbocycles. The second-order valence-corrected chi connectivity index (χ2v) is 3.61. The van der Waals surface area contributed by atoms with Gasteiger partial charge in [0.1, 0.15) is 6.04 Å². The summed E-state index contributed by atoms with van der Waals surface area (Å²) in [5, 5.41) is 5.58. The summed E-state index contributed by atoms with van der Waals surface area (Å²) in [6, 6.07) is -0.339. The van der Waals surface area contributed by atoms with Gasteiger partial charge in [0.15, 0.2) is 0 Å². The Bertz CT molecular complexity index is 309. The number of nitrogens with zero attached hydrogens (tertiary/aromatic N) is 1. The summed E-state index contributed by atoms with van der Waals surface area (Å²) in [5.74, 6) is 2.26. The maximum Gasteiger partial charge on any atom is 0.242 e. The van der Waals surface area contributed by atoms with Gasteiger partial charge in [-0.3, -0.25) is 14.9 Å².